The lowest BCUT2D eigenvalue weighted by molar-refractivity contribution is 0.578. The third-order valence-corrected chi connectivity index (χ3v) is 5.71. The molecule has 0 spiro atoms. The summed E-state index contributed by atoms with van der Waals surface area (Å²) in [5, 5.41) is 0. The van der Waals surface area contributed by atoms with E-state index in [1.54, 1.807) is 12.1 Å². The van der Waals surface area contributed by atoms with E-state index in [0.29, 0.717) is 4.83 Å². The van der Waals surface area contributed by atoms with E-state index in [-0.39, 0.29) is 5.82 Å². The second-order valence-electron chi connectivity index (χ2n) is 5.69. The SMILES string of the molecule is Cc1cc(F)cc(C)c1C(Br)C1C2CCCC21. The second-order valence-corrected chi connectivity index (χ2v) is 6.68. The van der Waals surface area contributed by atoms with E-state index in [9.17, 15) is 4.39 Å². The largest absolute Gasteiger partial charge is 0.207 e. The van der Waals surface area contributed by atoms with Crippen LogP contribution in [0.1, 0.15) is 40.8 Å². The second kappa shape index (κ2) is 4.08. The van der Waals surface area contributed by atoms with E-state index >= 15 is 0 Å². The number of benzene rings is 1. The van der Waals surface area contributed by atoms with Crippen LogP contribution in [0.5, 0.6) is 0 Å². The third-order valence-electron chi connectivity index (χ3n) is 4.64. The van der Waals surface area contributed by atoms with E-state index in [2.05, 4.69) is 15.9 Å². The van der Waals surface area contributed by atoms with Crippen LogP contribution in [0.25, 0.3) is 0 Å². The van der Waals surface area contributed by atoms with E-state index in [0.717, 1.165) is 28.9 Å². The van der Waals surface area contributed by atoms with Gasteiger partial charge in [0.1, 0.15) is 5.82 Å². The number of hydrogen-bond acceptors (Lipinski definition) is 0. The van der Waals surface area contributed by atoms with Crippen molar-refractivity contribution in [2.24, 2.45) is 17.8 Å². The number of rotatable bonds is 2. The van der Waals surface area contributed by atoms with Crippen LogP contribution in [0.15, 0.2) is 12.1 Å². The summed E-state index contributed by atoms with van der Waals surface area (Å²) in [6.07, 6.45) is 4.21. The van der Waals surface area contributed by atoms with Gasteiger partial charge in [-0.05, 0) is 73.3 Å². The molecule has 3 unspecified atom stereocenters. The Morgan fingerprint density at radius 3 is 2.24 bits per heavy atom. The minimum Gasteiger partial charge on any atom is -0.207 e. The van der Waals surface area contributed by atoms with E-state index in [1.165, 1.54) is 24.8 Å². The highest BCUT2D eigenvalue weighted by atomic mass is 79.9. The fraction of sp³-hybridized carbons (Fsp3) is 0.600. The van der Waals surface area contributed by atoms with Crippen LogP contribution < -0.4 is 0 Å². The lowest BCUT2D eigenvalue weighted by atomic mass is 9.95. The number of fused-ring (bicyclic) bond motifs is 1. The average molecular weight is 297 g/mol. The summed E-state index contributed by atoms with van der Waals surface area (Å²) in [5.74, 6) is 2.55. The molecule has 1 aromatic rings. The molecule has 0 N–H and O–H groups in total. The van der Waals surface area contributed by atoms with Crippen LogP contribution in [0.3, 0.4) is 0 Å². The molecule has 0 amide bonds. The van der Waals surface area contributed by atoms with Crippen molar-refractivity contribution in [2.45, 2.75) is 37.9 Å². The Hall–Kier alpha value is -0.370. The molecule has 0 aliphatic heterocycles. The molecule has 0 bridgehead atoms. The fourth-order valence-corrected chi connectivity index (χ4v) is 5.37. The molecule has 2 fully saturated rings. The molecule has 2 heteroatoms. The van der Waals surface area contributed by atoms with E-state index in [1.807, 2.05) is 13.8 Å². The normalized spacial score (nSPS) is 32.4. The molecule has 0 heterocycles. The highest BCUT2D eigenvalue weighted by Crippen LogP contribution is 2.64. The maximum Gasteiger partial charge on any atom is 0.123 e. The Labute approximate surface area is 111 Å². The molecule has 0 radical (unpaired) electrons. The lowest BCUT2D eigenvalue weighted by Crippen LogP contribution is -2.03. The van der Waals surface area contributed by atoms with Crippen molar-refractivity contribution in [3.05, 3.63) is 34.6 Å². The van der Waals surface area contributed by atoms with E-state index < -0.39 is 0 Å². The van der Waals surface area contributed by atoms with Crippen molar-refractivity contribution < 1.29 is 4.39 Å². The molecule has 3 atom stereocenters. The number of aryl methyl sites for hydroxylation is 2. The zero-order valence-corrected chi connectivity index (χ0v) is 11.9. The predicted molar refractivity (Wildman–Crippen MR) is 71.9 cm³/mol. The Morgan fingerprint density at radius 1 is 1.18 bits per heavy atom. The standard InChI is InChI=1S/C15H18BrF/c1-8-6-10(17)7-9(2)13(8)15(16)14-11-4-3-5-12(11)14/h6-7,11-12,14-15H,3-5H2,1-2H3. The first kappa shape index (κ1) is 11.7. The molecule has 2 saturated carbocycles. The zero-order valence-electron chi connectivity index (χ0n) is 10.3. The van der Waals surface area contributed by atoms with Crippen LogP contribution in [-0.2, 0) is 0 Å². The Kier molecular flexibility index (Phi) is 2.81. The first-order chi connectivity index (χ1) is 8.09. The summed E-state index contributed by atoms with van der Waals surface area (Å²) in [5.41, 5.74) is 3.51. The van der Waals surface area contributed by atoms with Crippen LogP contribution in [-0.4, -0.2) is 0 Å². The molecule has 2 aliphatic carbocycles. The third kappa shape index (κ3) is 1.85. The van der Waals surface area contributed by atoms with Gasteiger partial charge in [-0.2, -0.15) is 0 Å². The fourth-order valence-electron chi connectivity index (χ4n) is 3.86. The van der Waals surface area contributed by atoms with Gasteiger partial charge in [0.15, 0.2) is 0 Å². The molecular formula is C15H18BrF. The average Bonchev–Trinajstić information content (AvgIpc) is 2.71. The van der Waals surface area contributed by atoms with Crippen LogP contribution in [0.2, 0.25) is 0 Å². The zero-order chi connectivity index (χ0) is 12.2. The lowest BCUT2D eigenvalue weighted by Gasteiger charge is -2.18. The summed E-state index contributed by atoms with van der Waals surface area (Å²) < 4.78 is 13.3. The summed E-state index contributed by atoms with van der Waals surface area (Å²) in [4.78, 5) is 0.429. The van der Waals surface area contributed by atoms with Crippen molar-refractivity contribution in [1.82, 2.24) is 0 Å². The van der Waals surface area contributed by atoms with Gasteiger partial charge < -0.3 is 0 Å². The van der Waals surface area contributed by atoms with Crippen molar-refractivity contribution in [3.63, 3.8) is 0 Å². The highest BCUT2D eigenvalue weighted by Gasteiger charge is 2.55. The Balaban J connectivity index is 1.89. The minimum absolute atomic E-state index is 0.112. The molecule has 92 valence electrons. The van der Waals surface area contributed by atoms with Gasteiger partial charge in [-0.3, -0.25) is 0 Å². The first-order valence-corrected chi connectivity index (χ1v) is 7.42. The summed E-state index contributed by atoms with van der Waals surface area (Å²) in [7, 11) is 0. The molecule has 17 heavy (non-hydrogen) atoms. The first-order valence-electron chi connectivity index (χ1n) is 6.50. The summed E-state index contributed by atoms with van der Waals surface area (Å²) in [6, 6.07) is 3.32. The van der Waals surface area contributed by atoms with Gasteiger partial charge in [0.2, 0.25) is 0 Å². The van der Waals surface area contributed by atoms with Crippen molar-refractivity contribution in [2.75, 3.05) is 0 Å². The van der Waals surface area contributed by atoms with Crippen LogP contribution in [0, 0.1) is 37.4 Å². The van der Waals surface area contributed by atoms with Crippen molar-refractivity contribution >= 4 is 15.9 Å². The molecule has 1 aromatic carbocycles. The number of alkyl halides is 1. The Bertz CT molecular complexity index is 421. The smallest absolute Gasteiger partial charge is 0.123 e. The number of halogens is 2. The maximum atomic E-state index is 13.3. The van der Waals surface area contributed by atoms with E-state index in [4.69, 9.17) is 0 Å². The summed E-state index contributed by atoms with van der Waals surface area (Å²) >= 11 is 3.87. The monoisotopic (exact) mass is 296 g/mol. The molecule has 0 nitrogen and oxygen atoms in total. The predicted octanol–water partition coefficient (Wildman–Crippen LogP) is 4.92. The highest BCUT2D eigenvalue weighted by molar-refractivity contribution is 9.09. The Morgan fingerprint density at radius 2 is 1.71 bits per heavy atom. The number of hydrogen-bond donors (Lipinski definition) is 0. The topological polar surface area (TPSA) is 0 Å². The van der Waals surface area contributed by atoms with Crippen LogP contribution in [0.4, 0.5) is 4.39 Å². The van der Waals surface area contributed by atoms with Gasteiger partial charge >= 0.3 is 0 Å². The van der Waals surface area contributed by atoms with Gasteiger partial charge in [-0.15, -0.1) is 0 Å². The van der Waals surface area contributed by atoms with Gasteiger partial charge in [0.25, 0.3) is 0 Å². The van der Waals surface area contributed by atoms with Crippen molar-refractivity contribution in [3.8, 4) is 0 Å². The quantitative estimate of drug-likeness (QED) is 0.679. The molecule has 2 aliphatic rings. The van der Waals surface area contributed by atoms with Crippen molar-refractivity contribution in [1.29, 1.82) is 0 Å². The maximum absolute atomic E-state index is 13.3. The molecule has 0 saturated heterocycles. The molecule has 0 aromatic heterocycles. The minimum atomic E-state index is -0.112. The van der Waals surface area contributed by atoms with Gasteiger partial charge in [-0.25, -0.2) is 4.39 Å². The van der Waals surface area contributed by atoms with Gasteiger partial charge in [0, 0.05) is 4.83 Å². The molecular weight excluding hydrogens is 279 g/mol. The van der Waals surface area contributed by atoms with Gasteiger partial charge in [-0.1, -0.05) is 22.4 Å². The molecule has 3 rings (SSSR count). The van der Waals surface area contributed by atoms with Crippen LogP contribution >= 0.6 is 15.9 Å². The van der Waals surface area contributed by atoms with Gasteiger partial charge in [0.05, 0.1) is 0 Å². The summed E-state index contributed by atoms with van der Waals surface area (Å²) in [6.45, 7) is 4.05.